The van der Waals surface area contributed by atoms with Crippen LogP contribution in [0, 0.1) is 0 Å². The first-order valence-electron chi connectivity index (χ1n) is 4.83. The van der Waals surface area contributed by atoms with Gasteiger partial charge in [0.15, 0.2) is 0 Å². The third kappa shape index (κ3) is 1.30. The van der Waals surface area contributed by atoms with Crippen molar-refractivity contribution in [3.8, 4) is 0 Å². The van der Waals surface area contributed by atoms with Crippen molar-refractivity contribution in [2.45, 2.75) is 44.2 Å². The maximum absolute atomic E-state index is 3.64. The Bertz CT molecular complexity index is 136. The largest absolute Gasteiger partial charge is 0.311 e. The van der Waals surface area contributed by atoms with Gasteiger partial charge in [-0.3, -0.25) is 0 Å². The lowest BCUT2D eigenvalue weighted by molar-refractivity contribution is 0.345. The fourth-order valence-electron chi connectivity index (χ4n) is 2.37. The Kier molecular flexibility index (Phi) is 1.90. The van der Waals surface area contributed by atoms with Crippen molar-refractivity contribution >= 4 is 0 Å². The Morgan fingerprint density at radius 2 is 2.45 bits per heavy atom. The summed E-state index contributed by atoms with van der Waals surface area (Å²) in [4.78, 5) is 0. The van der Waals surface area contributed by atoms with Gasteiger partial charge in [0, 0.05) is 24.7 Å². The fraction of sp³-hybridized carbons (Fsp3) is 1.00. The summed E-state index contributed by atoms with van der Waals surface area (Å²) in [6.07, 6.45) is 5.44. The van der Waals surface area contributed by atoms with E-state index in [2.05, 4.69) is 17.6 Å². The molecule has 2 bridgehead atoms. The highest BCUT2D eigenvalue weighted by Crippen LogP contribution is 2.29. The summed E-state index contributed by atoms with van der Waals surface area (Å²) >= 11 is 0. The summed E-state index contributed by atoms with van der Waals surface area (Å²) in [5, 5.41) is 7.19. The minimum atomic E-state index is 0.501. The predicted molar refractivity (Wildman–Crippen MR) is 46.7 cm³/mol. The average molecular weight is 154 g/mol. The zero-order chi connectivity index (χ0) is 7.73. The zero-order valence-electron chi connectivity index (χ0n) is 7.32. The smallest absolute Gasteiger partial charge is 0.0322 e. The first kappa shape index (κ1) is 7.56. The quantitative estimate of drug-likeness (QED) is 0.630. The lowest BCUT2D eigenvalue weighted by Gasteiger charge is -2.27. The van der Waals surface area contributed by atoms with Gasteiger partial charge in [-0.05, 0) is 12.8 Å². The summed E-state index contributed by atoms with van der Waals surface area (Å²) in [6, 6.07) is 0.784. The van der Waals surface area contributed by atoms with E-state index in [0.29, 0.717) is 5.54 Å². The van der Waals surface area contributed by atoms with E-state index in [4.69, 9.17) is 0 Å². The van der Waals surface area contributed by atoms with Gasteiger partial charge in [0.1, 0.15) is 0 Å². The van der Waals surface area contributed by atoms with Crippen molar-refractivity contribution in [3.05, 3.63) is 0 Å². The van der Waals surface area contributed by atoms with Crippen molar-refractivity contribution in [1.82, 2.24) is 10.6 Å². The van der Waals surface area contributed by atoms with Gasteiger partial charge in [-0.2, -0.15) is 0 Å². The van der Waals surface area contributed by atoms with E-state index in [-0.39, 0.29) is 0 Å². The van der Waals surface area contributed by atoms with E-state index in [1.807, 2.05) is 0 Å². The third-order valence-electron chi connectivity index (χ3n) is 3.10. The molecule has 11 heavy (non-hydrogen) atoms. The molecule has 2 N–H and O–H groups in total. The Hall–Kier alpha value is -0.0800. The van der Waals surface area contributed by atoms with Crippen molar-refractivity contribution in [2.24, 2.45) is 0 Å². The number of rotatable bonds is 3. The molecule has 2 nitrogen and oxygen atoms in total. The normalized spacial score (nSPS) is 41.7. The molecule has 0 aromatic rings. The van der Waals surface area contributed by atoms with Gasteiger partial charge in [0.25, 0.3) is 0 Å². The molecule has 0 unspecified atom stereocenters. The van der Waals surface area contributed by atoms with Gasteiger partial charge < -0.3 is 10.6 Å². The average Bonchev–Trinajstić information content (AvgIpc) is 2.60. The first-order valence-corrected chi connectivity index (χ1v) is 4.83. The molecule has 0 saturated carbocycles. The maximum Gasteiger partial charge on any atom is 0.0322 e. The van der Waals surface area contributed by atoms with E-state index in [1.165, 1.54) is 38.8 Å². The van der Waals surface area contributed by atoms with E-state index in [1.54, 1.807) is 0 Å². The maximum atomic E-state index is 3.64. The minimum absolute atomic E-state index is 0.501. The summed E-state index contributed by atoms with van der Waals surface area (Å²) in [5.74, 6) is 0. The molecule has 2 fully saturated rings. The monoisotopic (exact) mass is 154 g/mol. The van der Waals surface area contributed by atoms with Crippen LogP contribution in [-0.2, 0) is 0 Å². The SMILES string of the molecule is CCCC[C@]12CN[C@H](CN1)C2. The highest BCUT2D eigenvalue weighted by molar-refractivity contribution is 5.07. The number of fused-ring (bicyclic) bond motifs is 2. The van der Waals surface area contributed by atoms with Gasteiger partial charge in [0.2, 0.25) is 0 Å². The minimum Gasteiger partial charge on any atom is -0.311 e. The molecular weight excluding hydrogens is 136 g/mol. The highest BCUT2D eigenvalue weighted by Gasteiger charge is 2.43. The van der Waals surface area contributed by atoms with Gasteiger partial charge in [0.05, 0.1) is 0 Å². The number of hydrogen-bond acceptors (Lipinski definition) is 2. The Morgan fingerprint density at radius 3 is 2.91 bits per heavy atom. The van der Waals surface area contributed by atoms with Crippen LogP contribution in [0.15, 0.2) is 0 Å². The van der Waals surface area contributed by atoms with Crippen molar-refractivity contribution in [2.75, 3.05) is 13.1 Å². The van der Waals surface area contributed by atoms with Crippen LogP contribution in [0.5, 0.6) is 0 Å². The Labute approximate surface area is 68.7 Å². The number of piperazine rings is 1. The summed E-state index contributed by atoms with van der Waals surface area (Å²) in [6.45, 7) is 4.67. The fourth-order valence-corrected chi connectivity index (χ4v) is 2.37. The Balaban J connectivity index is 1.89. The van der Waals surface area contributed by atoms with E-state index in [0.717, 1.165) is 6.04 Å². The van der Waals surface area contributed by atoms with Crippen LogP contribution in [0.25, 0.3) is 0 Å². The number of nitrogens with one attached hydrogen (secondary N) is 2. The van der Waals surface area contributed by atoms with Crippen LogP contribution < -0.4 is 10.6 Å². The van der Waals surface area contributed by atoms with Crippen molar-refractivity contribution < 1.29 is 0 Å². The highest BCUT2D eigenvalue weighted by atomic mass is 15.2. The molecule has 64 valence electrons. The molecule has 2 saturated heterocycles. The lowest BCUT2D eigenvalue weighted by Crippen LogP contribution is -2.49. The number of hydrogen-bond donors (Lipinski definition) is 2. The second kappa shape index (κ2) is 2.76. The summed E-state index contributed by atoms with van der Waals surface area (Å²) in [7, 11) is 0. The van der Waals surface area contributed by atoms with Gasteiger partial charge >= 0.3 is 0 Å². The Morgan fingerprint density at radius 1 is 1.55 bits per heavy atom. The first-order chi connectivity index (χ1) is 5.35. The molecule has 0 aliphatic carbocycles. The van der Waals surface area contributed by atoms with Gasteiger partial charge in [-0.15, -0.1) is 0 Å². The van der Waals surface area contributed by atoms with Gasteiger partial charge in [-0.1, -0.05) is 19.8 Å². The molecule has 2 heteroatoms. The van der Waals surface area contributed by atoms with Crippen LogP contribution in [-0.4, -0.2) is 24.7 Å². The third-order valence-corrected chi connectivity index (χ3v) is 3.10. The molecule has 0 radical (unpaired) electrons. The molecule has 2 rings (SSSR count). The molecule has 0 spiro atoms. The van der Waals surface area contributed by atoms with Crippen LogP contribution in [0.3, 0.4) is 0 Å². The van der Waals surface area contributed by atoms with Crippen LogP contribution in [0.1, 0.15) is 32.6 Å². The summed E-state index contributed by atoms with van der Waals surface area (Å²) < 4.78 is 0. The van der Waals surface area contributed by atoms with Gasteiger partial charge in [-0.25, -0.2) is 0 Å². The van der Waals surface area contributed by atoms with Crippen LogP contribution in [0.2, 0.25) is 0 Å². The van der Waals surface area contributed by atoms with Crippen molar-refractivity contribution in [1.29, 1.82) is 0 Å². The second-order valence-electron chi connectivity index (χ2n) is 4.05. The zero-order valence-corrected chi connectivity index (χ0v) is 7.32. The molecule has 2 aliphatic heterocycles. The standard InChI is InChI=1S/C9H18N2/c1-2-3-4-9-5-8(6-11-9)10-7-9/h8,10-11H,2-7H2,1H3/t8-,9-/m0/s1. The lowest BCUT2D eigenvalue weighted by atomic mass is 9.93. The van der Waals surface area contributed by atoms with E-state index < -0.39 is 0 Å². The predicted octanol–water partition coefficient (Wildman–Crippen LogP) is 0.881. The molecule has 2 atom stereocenters. The molecule has 0 aromatic carbocycles. The second-order valence-corrected chi connectivity index (χ2v) is 4.05. The van der Waals surface area contributed by atoms with Crippen LogP contribution >= 0.6 is 0 Å². The molecular formula is C9H18N2. The number of unbranched alkanes of at least 4 members (excludes halogenated alkanes) is 1. The molecule has 0 amide bonds. The molecule has 0 aromatic heterocycles. The van der Waals surface area contributed by atoms with Crippen LogP contribution in [0.4, 0.5) is 0 Å². The summed E-state index contributed by atoms with van der Waals surface area (Å²) in [5.41, 5.74) is 0.501. The molecule has 2 aliphatic rings. The van der Waals surface area contributed by atoms with Crippen molar-refractivity contribution in [3.63, 3.8) is 0 Å². The van der Waals surface area contributed by atoms with E-state index in [9.17, 15) is 0 Å². The topological polar surface area (TPSA) is 24.1 Å². The molecule has 2 heterocycles. The van der Waals surface area contributed by atoms with E-state index >= 15 is 0 Å².